The average Bonchev–Trinajstić information content (AvgIpc) is 3.15. The third kappa shape index (κ3) is 3.05. The fraction of sp³-hybridized carbons (Fsp3) is 0.200. The lowest BCUT2D eigenvalue weighted by molar-refractivity contribution is 0.562. The molecule has 0 aliphatic carbocycles. The molecule has 0 saturated heterocycles. The van der Waals surface area contributed by atoms with Crippen molar-refractivity contribution in [3.8, 4) is 22.4 Å². The molecule has 0 aliphatic heterocycles. The summed E-state index contributed by atoms with van der Waals surface area (Å²) in [5.41, 5.74) is -3.78. The van der Waals surface area contributed by atoms with Crippen LogP contribution in [0.1, 0.15) is 38.6 Å². The van der Waals surface area contributed by atoms with Crippen molar-refractivity contribution in [1.82, 2.24) is 24.6 Å². The first-order valence-corrected chi connectivity index (χ1v) is 7.70. The predicted octanol–water partition coefficient (Wildman–Crippen LogP) is 4.43. The van der Waals surface area contributed by atoms with Gasteiger partial charge in [-0.25, -0.2) is 18.7 Å². The first-order chi connectivity index (χ1) is 16.6. The normalized spacial score (nSPS) is 18.2. The van der Waals surface area contributed by atoms with E-state index in [1.165, 1.54) is 24.5 Å². The highest BCUT2D eigenvalue weighted by atomic mass is 19.1. The van der Waals surface area contributed by atoms with Crippen LogP contribution in [0.25, 0.3) is 28.2 Å². The van der Waals surface area contributed by atoms with Crippen LogP contribution in [0, 0.1) is 11.6 Å². The van der Waals surface area contributed by atoms with E-state index in [2.05, 4.69) is 20.1 Å². The molecule has 0 atom stereocenters. The number of rotatable bonds is 2. The second-order valence-corrected chi connectivity index (χ2v) is 5.80. The van der Waals surface area contributed by atoms with Gasteiger partial charge in [-0.1, -0.05) is 20.6 Å². The summed E-state index contributed by atoms with van der Waals surface area (Å²) in [6, 6.07) is 4.87. The molecule has 4 rings (SSSR count). The van der Waals surface area contributed by atoms with E-state index in [0.717, 1.165) is 29.0 Å². The van der Waals surface area contributed by atoms with Gasteiger partial charge in [0.25, 0.3) is 5.78 Å². The Morgan fingerprint density at radius 1 is 1.00 bits per heavy atom. The summed E-state index contributed by atoms with van der Waals surface area (Å²) in [6.07, 6.45) is 4.39. The Morgan fingerprint density at radius 2 is 1.81 bits per heavy atom. The van der Waals surface area contributed by atoms with Crippen LogP contribution >= 0.6 is 0 Å². The number of imidazole rings is 1. The van der Waals surface area contributed by atoms with Crippen LogP contribution in [0.4, 0.5) is 8.78 Å². The quantitative estimate of drug-likeness (QED) is 0.521. The summed E-state index contributed by atoms with van der Waals surface area (Å²) >= 11 is 0. The molecule has 136 valence electrons. The van der Waals surface area contributed by atoms with E-state index in [1.807, 2.05) is 0 Å². The maximum Gasteiger partial charge on any atom is 0.251 e. The molecule has 0 unspecified atom stereocenters. The Hall–Kier alpha value is -3.22. The summed E-state index contributed by atoms with van der Waals surface area (Å²) in [7, 11) is 0. The highest BCUT2D eigenvalue weighted by Gasteiger charge is 2.19. The first kappa shape index (κ1) is 9.64. The SMILES string of the molecule is [2H]C([2H])([2H])C(c1cnn2c(-c3ccc(F)c(-c4cnccc4F)c3)cnc2n1)(C([2H])([2H])[2H])C([2H])([2H])[2H]. The van der Waals surface area contributed by atoms with Crippen molar-refractivity contribution in [3.63, 3.8) is 0 Å². The Morgan fingerprint density at radius 3 is 2.59 bits per heavy atom. The zero-order valence-corrected chi connectivity index (χ0v) is 13.6. The molecular formula is C20H17F2N5. The van der Waals surface area contributed by atoms with Crippen molar-refractivity contribution in [2.24, 2.45) is 0 Å². The number of pyridine rings is 1. The number of hydrogen-bond acceptors (Lipinski definition) is 4. The van der Waals surface area contributed by atoms with E-state index in [-0.39, 0.29) is 22.6 Å². The van der Waals surface area contributed by atoms with Crippen molar-refractivity contribution in [3.05, 3.63) is 66.4 Å². The summed E-state index contributed by atoms with van der Waals surface area (Å²) in [5.74, 6) is -1.70. The molecule has 0 fully saturated rings. The van der Waals surface area contributed by atoms with Gasteiger partial charge in [-0.2, -0.15) is 9.61 Å². The third-order valence-corrected chi connectivity index (χ3v) is 3.94. The molecule has 3 heterocycles. The maximum absolute atomic E-state index is 14.5. The average molecular weight is 374 g/mol. The highest BCUT2D eigenvalue weighted by molar-refractivity contribution is 5.72. The molecule has 0 bridgehead atoms. The summed E-state index contributed by atoms with van der Waals surface area (Å²) in [6.45, 7) is -10.5. The summed E-state index contributed by atoms with van der Waals surface area (Å²) < 4.78 is 100. The van der Waals surface area contributed by atoms with Crippen molar-refractivity contribution >= 4 is 5.78 Å². The lowest BCUT2D eigenvalue weighted by Gasteiger charge is -2.16. The third-order valence-electron chi connectivity index (χ3n) is 3.94. The van der Waals surface area contributed by atoms with E-state index in [1.54, 1.807) is 0 Å². The lowest BCUT2D eigenvalue weighted by Crippen LogP contribution is -2.15. The second kappa shape index (κ2) is 6.19. The van der Waals surface area contributed by atoms with Crippen molar-refractivity contribution in [2.45, 2.75) is 26.0 Å². The zero-order valence-electron chi connectivity index (χ0n) is 22.6. The molecular weight excluding hydrogens is 348 g/mol. The van der Waals surface area contributed by atoms with Crippen molar-refractivity contribution < 1.29 is 21.1 Å². The molecule has 0 radical (unpaired) electrons. The zero-order chi connectivity index (χ0) is 26.7. The number of hydrogen-bond donors (Lipinski definition) is 0. The molecule has 4 aromatic rings. The van der Waals surface area contributed by atoms with E-state index >= 15 is 0 Å². The Bertz CT molecular complexity index is 1410. The largest absolute Gasteiger partial charge is 0.264 e. The maximum atomic E-state index is 14.5. The molecule has 5 nitrogen and oxygen atoms in total. The molecule has 7 heteroatoms. The minimum absolute atomic E-state index is 0.0862. The minimum Gasteiger partial charge on any atom is -0.264 e. The van der Waals surface area contributed by atoms with E-state index in [0.29, 0.717) is 5.56 Å². The molecule has 1 aromatic carbocycles. The van der Waals surface area contributed by atoms with Crippen LogP contribution in [0.3, 0.4) is 0 Å². The standard InChI is InChI=1S/C20H17F2N5/c1-20(2,3)18-11-25-27-17(10-24-19(27)26-18)12-4-5-15(21)13(8-12)14-9-23-7-6-16(14)22/h4-11H,1-3H3/i1D3,2D3,3D3. The van der Waals surface area contributed by atoms with Crippen LogP contribution < -0.4 is 0 Å². The van der Waals surface area contributed by atoms with Gasteiger partial charge in [0, 0.05) is 46.8 Å². The van der Waals surface area contributed by atoms with E-state index < -0.39 is 43.3 Å². The molecule has 0 saturated carbocycles. The van der Waals surface area contributed by atoms with Crippen LogP contribution in [-0.2, 0) is 5.41 Å². The predicted molar refractivity (Wildman–Crippen MR) is 98.1 cm³/mol. The smallest absolute Gasteiger partial charge is 0.251 e. The fourth-order valence-electron chi connectivity index (χ4n) is 2.62. The van der Waals surface area contributed by atoms with E-state index in [9.17, 15) is 8.78 Å². The van der Waals surface area contributed by atoms with Gasteiger partial charge in [-0.3, -0.25) is 4.98 Å². The van der Waals surface area contributed by atoms with Gasteiger partial charge in [0.1, 0.15) is 11.6 Å². The Kier molecular flexibility index (Phi) is 2.21. The monoisotopic (exact) mass is 374 g/mol. The number of halogens is 2. The Labute approximate surface area is 167 Å². The van der Waals surface area contributed by atoms with Crippen LogP contribution in [0.2, 0.25) is 0 Å². The van der Waals surface area contributed by atoms with Gasteiger partial charge in [-0.05, 0) is 24.3 Å². The summed E-state index contributed by atoms with van der Waals surface area (Å²) in [5, 5.41) is 4.03. The van der Waals surface area contributed by atoms with Gasteiger partial charge in [-0.15, -0.1) is 0 Å². The Balaban J connectivity index is 1.90. The number of nitrogens with zero attached hydrogens (tertiary/aromatic N) is 5. The number of aromatic nitrogens is 5. The molecule has 0 aliphatic rings. The van der Waals surface area contributed by atoms with Crippen LogP contribution in [0.5, 0.6) is 0 Å². The molecule has 3 aromatic heterocycles. The number of benzene rings is 1. The molecule has 0 spiro atoms. The van der Waals surface area contributed by atoms with Gasteiger partial charge in [0.2, 0.25) is 0 Å². The van der Waals surface area contributed by atoms with Crippen molar-refractivity contribution in [1.29, 1.82) is 0 Å². The van der Waals surface area contributed by atoms with Gasteiger partial charge >= 0.3 is 0 Å². The minimum atomic E-state index is -3.51. The van der Waals surface area contributed by atoms with Crippen LogP contribution in [0.15, 0.2) is 49.1 Å². The lowest BCUT2D eigenvalue weighted by atomic mass is 9.93. The van der Waals surface area contributed by atoms with E-state index in [4.69, 9.17) is 12.3 Å². The number of fused-ring (bicyclic) bond motifs is 1. The molecule has 0 amide bonds. The highest BCUT2D eigenvalue weighted by Crippen LogP contribution is 2.30. The molecule has 0 N–H and O–H groups in total. The van der Waals surface area contributed by atoms with Crippen LogP contribution in [-0.4, -0.2) is 24.6 Å². The van der Waals surface area contributed by atoms with Gasteiger partial charge in [0.05, 0.1) is 23.8 Å². The second-order valence-electron chi connectivity index (χ2n) is 5.80. The van der Waals surface area contributed by atoms with Gasteiger partial charge in [0.15, 0.2) is 0 Å². The topological polar surface area (TPSA) is 56.0 Å². The molecule has 27 heavy (non-hydrogen) atoms. The fourth-order valence-corrected chi connectivity index (χ4v) is 2.62. The summed E-state index contributed by atoms with van der Waals surface area (Å²) in [4.78, 5) is 11.8. The van der Waals surface area contributed by atoms with Gasteiger partial charge < -0.3 is 0 Å². The van der Waals surface area contributed by atoms with Crippen molar-refractivity contribution in [2.75, 3.05) is 0 Å². The first-order valence-electron chi connectivity index (χ1n) is 12.2.